The minimum atomic E-state index is -4.90. The van der Waals surface area contributed by atoms with Crippen molar-refractivity contribution < 1.29 is 35.3 Å². The molecule has 3 heterocycles. The largest absolute Gasteiger partial charge is 0.421 e. The van der Waals surface area contributed by atoms with Crippen LogP contribution in [0.3, 0.4) is 0 Å². The molecule has 1 fully saturated rings. The second-order valence-electron chi connectivity index (χ2n) is 10.8. The van der Waals surface area contributed by atoms with E-state index in [0.717, 1.165) is 11.3 Å². The number of benzene rings is 3. The lowest BCUT2D eigenvalue weighted by atomic mass is 9.95. The first kappa shape index (κ1) is 31.4. The average molecular weight is 678 g/mol. The molecule has 14 heteroatoms. The third-order valence-electron chi connectivity index (χ3n) is 7.98. The summed E-state index contributed by atoms with van der Waals surface area (Å²) in [5, 5.41) is 12.5. The maximum atomic E-state index is 14.1. The van der Waals surface area contributed by atoms with Crippen molar-refractivity contribution >= 4 is 48.7 Å². The molecular formula is C31H27F4N3O4S3. The maximum Gasteiger partial charge on any atom is 0.421 e. The molecule has 2 aromatic heterocycles. The van der Waals surface area contributed by atoms with E-state index in [1.807, 2.05) is 4.90 Å². The molecule has 2 N–H and O–H groups in total. The third-order valence-corrected chi connectivity index (χ3v) is 12.7. The molecule has 1 aliphatic heterocycles. The van der Waals surface area contributed by atoms with Gasteiger partial charge in [-0.05, 0) is 66.4 Å². The molecule has 0 amide bonds. The van der Waals surface area contributed by atoms with Crippen molar-refractivity contribution in [3.05, 3.63) is 107 Å². The van der Waals surface area contributed by atoms with E-state index in [-0.39, 0.29) is 29.4 Å². The van der Waals surface area contributed by atoms with E-state index in [1.54, 1.807) is 35.7 Å². The normalized spacial score (nSPS) is 18.6. The fraction of sp³-hybridized carbons (Fsp3) is 0.226. The van der Waals surface area contributed by atoms with Gasteiger partial charge < -0.3 is 15.0 Å². The van der Waals surface area contributed by atoms with E-state index in [9.17, 15) is 35.3 Å². The molecule has 7 nitrogen and oxygen atoms in total. The number of H-pyrrole nitrogens is 1. The van der Waals surface area contributed by atoms with Gasteiger partial charge in [0.25, 0.3) is 10.0 Å². The molecule has 5 aromatic rings. The van der Waals surface area contributed by atoms with Gasteiger partial charge in [0.15, 0.2) is 5.60 Å². The maximum absolute atomic E-state index is 14.1. The quantitative estimate of drug-likeness (QED) is 0.191. The molecule has 1 saturated heterocycles. The van der Waals surface area contributed by atoms with Crippen LogP contribution in [0.1, 0.15) is 24.2 Å². The van der Waals surface area contributed by atoms with E-state index >= 15 is 0 Å². The van der Waals surface area contributed by atoms with Crippen LogP contribution in [-0.2, 0) is 26.4 Å². The van der Waals surface area contributed by atoms with Gasteiger partial charge in [0.2, 0.25) is 0 Å². The van der Waals surface area contributed by atoms with Gasteiger partial charge in [-0.2, -0.15) is 17.5 Å². The highest BCUT2D eigenvalue weighted by Gasteiger charge is 2.51. The SMILES string of the molecule is C[C@](O)(c1ccc(N2CCN(S(=O)(=O)c3cccs3)C[C@@H]2c2[nH]c3ccccc3c2[S@](=O)c2ccc(F)cc2)cc1)C(F)(F)F. The molecule has 0 radical (unpaired) electrons. The number of rotatable bonds is 7. The number of aliphatic hydroxyl groups is 1. The molecule has 0 saturated carbocycles. The summed E-state index contributed by atoms with van der Waals surface area (Å²) in [5.74, 6) is -0.490. The van der Waals surface area contributed by atoms with Crippen LogP contribution in [0.5, 0.6) is 0 Å². The number of alkyl halides is 3. The lowest BCUT2D eigenvalue weighted by Gasteiger charge is -2.42. The lowest BCUT2D eigenvalue weighted by molar-refractivity contribution is -0.258. The first-order valence-electron chi connectivity index (χ1n) is 13.8. The van der Waals surface area contributed by atoms with E-state index in [0.29, 0.717) is 39.0 Å². The minimum Gasteiger partial charge on any atom is -0.376 e. The number of halogens is 4. The second-order valence-corrected chi connectivity index (χ2v) is 15.3. The summed E-state index contributed by atoms with van der Waals surface area (Å²) in [6, 6.07) is 20.1. The molecule has 0 aliphatic carbocycles. The zero-order valence-corrected chi connectivity index (χ0v) is 26.1. The van der Waals surface area contributed by atoms with Crippen molar-refractivity contribution in [1.82, 2.24) is 9.29 Å². The van der Waals surface area contributed by atoms with Crippen molar-refractivity contribution in [3.8, 4) is 0 Å². The lowest BCUT2D eigenvalue weighted by Crippen LogP contribution is -2.50. The van der Waals surface area contributed by atoms with Crippen LogP contribution in [0.25, 0.3) is 10.9 Å². The van der Waals surface area contributed by atoms with Crippen LogP contribution in [-0.4, -0.2) is 52.8 Å². The molecule has 0 unspecified atom stereocenters. The molecule has 3 aromatic carbocycles. The predicted molar refractivity (Wildman–Crippen MR) is 165 cm³/mol. The van der Waals surface area contributed by atoms with E-state index in [2.05, 4.69) is 4.98 Å². The van der Waals surface area contributed by atoms with E-state index < -0.39 is 44.5 Å². The summed E-state index contributed by atoms with van der Waals surface area (Å²) in [5.41, 5.74) is -1.84. The summed E-state index contributed by atoms with van der Waals surface area (Å²) in [4.78, 5) is 5.92. The molecule has 3 atom stereocenters. The number of nitrogens with one attached hydrogen (secondary N) is 1. The van der Waals surface area contributed by atoms with Crippen LogP contribution >= 0.6 is 11.3 Å². The van der Waals surface area contributed by atoms with Crippen molar-refractivity contribution in [2.45, 2.75) is 38.7 Å². The fourth-order valence-electron chi connectivity index (χ4n) is 5.46. The number of sulfonamides is 1. The number of anilines is 1. The number of fused-ring (bicyclic) bond motifs is 1. The Balaban J connectivity index is 1.48. The summed E-state index contributed by atoms with van der Waals surface area (Å²) >= 11 is 1.09. The van der Waals surface area contributed by atoms with E-state index in [4.69, 9.17) is 0 Å². The Kier molecular flexibility index (Phi) is 8.14. The molecule has 0 bridgehead atoms. The number of aromatic amines is 1. The predicted octanol–water partition coefficient (Wildman–Crippen LogP) is 6.56. The number of para-hydroxylation sites is 1. The Morgan fingerprint density at radius 2 is 1.64 bits per heavy atom. The van der Waals surface area contributed by atoms with Gasteiger partial charge in [-0.15, -0.1) is 11.3 Å². The number of aromatic nitrogens is 1. The van der Waals surface area contributed by atoms with Gasteiger partial charge in [-0.1, -0.05) is 36.4 Å². The summed E-state index contributed by atoms with van der Waals surface area (Å²) in [6.07, 6.45) is -4.90. The Morgan fingerprint density at radius 3 is 2.29 bits per heavy atom. The van der Waals surface area contributed by atoms with Gasteiger partial charge in [-0.3, -0.25) is 0 Å². The van der Waals surface area contributed by atoms with Gasteiger partial charge in [0.05, 0.1) is 27.4 Å². The smallest absolute Gasteiger partial charge is 0.376 e. The van der Waals surface area contributed by atoms with Gasteiger partial charge in [0, 0.05) is 41.1 Å². The second kappa shape index (κ2) is 11.7. The molecule has 236 valence electrons. The number of hydrogen-bond acceptors (Lipinski definition) is 6. The molecule has 0 spiro atoms. The molecule has 1 aliphatic rings. The van der Waals surface area contributed by atoms with Crippen LogP contribution < -0.4 is 4.90 Å². The first-order chi connectivity index (χ1) is 21.3. The molecule has 45 heavy (non-hydrogen) atoms. The van der Waals surface area contributed by atoms with Crippen molar-refractivity contribution in [2.75, 3.05) is 24.5 Å². The van der Waals surface area contributed by atoms with Crippen molar-refractivity contribution in [1.29, 1.82) is 0 Å². The van der Waals surface area contributed by atoms with E-state index in [1.165, 1.54) is 58.9 Å². The number of nitrogens with zero attached hydrogens (tertiary/aromatic N) is 2. The highest BCUT2D eigenvalue weighted by atomic mass is 32.2. The fourth-order valence-corrected chi connectivity index (χ4v) is 9.42. The summed E-state index contributed by atoms with van der Waals surface area (Å²) in [6.45, 7) is 0.848. The Labute approximate surface area is 263 Å². The van der Waals surface area contributed by atoms with Crippen LogP contribution in [0.2, 0.25) is 0 Å². The molecular weight excluding hydrogens is 651 g/mol. The standard InChI is InChI=1S/C31H27F4N3O4S3/c1-30(39,31(33,34)35)20-8-12-22(13-9-20)38-17-16-37(45(41,42)27-7-4-18-43-27)19-26(38)28-29(24-5-2-3-6-25(24)36-28)44(40)23-14-10-21(32)11-15-23/h2-15,18,26,36,39H,16-17,19H2,1H3/t26-,30+,44-/m1/s1. The number of hydrogen-bond donors (Lipinski definition) is 2. The third kappa shape index (κ3) is 5.69. The zero-order valence-electron chi connectivity index (χ0n) is 23.7. The van der Waals surface area contributed by atoms with Gasteiger partial charge in [0.1, 0.15) is 10.0 Å². The Bertz CT molecular complexity index is 1960. The average Bonchev–Trinajstić information content (AvgIpc) is 3.70. The Hall–Kier alpha value is -3.56. The highest BCUT2D eigenvalue weighted by molar-refractivity contribution is 7.91. The number of piperazine rings is 1. The Morgan fingerprint density at radius 1 is 0.956 bits per heavy atom. The highest BCUT2D eigenvalue weighted by Crippen LogP contribution is 2.42. The minimum absolute atomic E-state index is 0.0668. The molecule has 6 rings (SSSR count). The van der Waals surface area contributed by atoms with Crippen molar-refractivity contribution in [2.24, 2.45) is 0 Å². The van der Waals surface area contributed by atoms with Crippen LogP contribution in [0.4, 0.5) is 23.2 Å². The van der Waals surface area contributed by atoms with Crippen molar-refractivity contribution in [3.63, 3.8) is 0 Å². The summed E-state index contributed by atoms with van der Waals surface area (Å²) < 4.78 is 97.3. The summed E-state index contributed by atoms with van der Waals surface area (Å²) in [7, 11) is -5.71. The topological polar surface area (TPSA) is 93.7 Å². The van der Waals surface area contributed by atoms with Crippen LogP contribution in [0.15, 0.2) is 104 Å². The van der Waals surface area contributed by atoms with Gasteiger partial charge in [-0.25, -0.2) is 17.0 Å². The van der Waals surface area contributed by atoms with Gasteiger partial charge >= 0.3 is 6.18 Å². The monoisotopic (exact) mass is 677 g/mol. The van der Waals surface area contributed by atoms with Crippen LogP contribution in [0, 0.1) is 5.82 Å². The zero-order chi connectivity index (χ0) is 32.1. The first-order valence-corrected chi connectivity index (χ1v) is 17.2. The number of thiophene rings is 1.